The minimum atomic E-state index is -0.509. The number of nitrogens with zero attached hydrogens (tertiary/aromatic N) is 3. The van der Waals surface area contributed by atoms with Crippen LogP contribution >= 0.6 is 0 Å². The Balaban J connectivity index is 2.28. The third-order valence-corrected chi connectivity index (χ3v) is 3.45. The van der Waals surface area contributed by atoms with Crippen LogP contribution < -0.4 is 0 Å². The molecule has 6 nitrogen and oxygen atoms in total. The molecule has 3 atom stereocenters. The molecule has 2 heterocycles. The Labute approximate surface area is 105 Å². The molecule has 0 aromatic carbocycles. The third kappa shape index (κ3) is 2.11. The predicted octanol–water partition coefficient (Wildman–Crippen LogP) is 1.93. The average molecular weight is 250 g/mol. The van der Waals surface area contributed by atoms with Crippen molar-refractivity contribution in [2.45, 2.75) is 32.0 Å². The van der Waals surface area contributed by atoms with Crippen molar-refractivity contribution in [1.82, 2.24) is 4.98 Å². The van der Waals surface area contributed by atoms with Gasteiger partial charge < -0.3 is 4.74 Å². The molecule has 96 valence electrons. The third-order valence-electron chi connectivity index (χ3n) is 3.45. The number of esters is 1. The smallest absolute Gasteiger partial charge is 0.307 e. The maximum absolute atomic E-state index is 11.2. The zero-order chi connectivity index (χ0) is 13.2. The number of aromatic nitrogens is 1. The second-order valence-corrected chi connectivity index (χ2v) is 4.62. The molecule has 0 saturated carbocycles. The van der Waals surface area contributed by atoms with Gasteiger partial charge in [-0.1, -0.05) is 4.91 Å². The lowest BCUT2D eigenvalue weighted by Crippen LogP contribution is -2.46. The normalized spacial score (nSPS) is 31.0. The van der Waals surface area contributed by atoms with Crippen LogP contribution in [0.1, 0.15) is 31.4 Å². The van der Waals surface area contributed by atoms with E-state index in [-0.39, 0.29) is 16.6 Å². The molecule has 0 bridgehead atoms. The molecule has 0 radical (unpaired) electrons. The van der Waals surface area contributed by atoms with Crippen LogP contribution in [0.4, 0.5) is 0 Å². The van der Waals surface area contributed by atoms with Gasteiger partial charge in [0.1, 0.15) is 13.1 Å². The highest BCUT2D eigenvalue weighted by Gasteiger charge is 2.52. The second-order valence-electron chi connectivity index (χ2n) is 4.62. The molecule has 1 aromatic heterocycles. The van der Waals surface area contributed by atoms with E-state index in [1.807, 2.05) is 12.1 Å². The van der Waals surface area contributed by atoms with E-state index in [0.29, 0.717) is 6.42 Å². The summed E-state index contributed by atoms with van der Waals surface area (Å²) in [4.78, 5) is 26.3. The minimum absolute atomic E-state index is 0.111. The number of carbonyl (C=O) groups is 1. The summed E-state index contributed by atoms with van der Waals surface area (Å²) in [6.45, 7) is 1.34. The number of pyridine rings is 1. The molecule has 1 aliphatic heterocycles. The summed E-state index contributed by atoms with van der Waals surface area (Å²) in [5, 5.41) is 3.19. The van der Waals surface area contributed by atoms with Crippen LogP contribution in [0, 0.1) is 4.91 Å². The maximum Gasteiger partial charge on any atom is 0.307 e. The van der Waals surface area contributed by atoms with Crippen LogP contribution in [0.5, 0.6) is 0 Å². The van der Waals surface area contributed by atoms with Gasteiger partial charge in [0.25, 0.3) is 6.23 Å². The van der Waals surface area contributed by atoms with Crippen molar-refractivity contribution < 1.29 is 14.1 Å². The lowest BCUT2D eigenvalue weighted by molar-refractivity contribution is -0.974. The van der Waals surface area contributed by atoms with Crippen LogP contribution in [0.15, 0.2) is 29.8 Å². The van der Waals surface area contributed by atoms with Gasteiger partial charge in [-0.2, -0.15) is 0 Å². The summed E-state index contributed by atoms with van der Waals surface area (Å²) in [7, 11) is 1.69. The lowest BCUT2D eigenvalue weighted by atomic mass is 10.1. The fraction of sp³-hybridized carbons (Fsp3) is 0.500. The number of nitroso groups, excluding NO2 is 1. The van der Waals surface area contributed by atoms with Gasteiger partial charge in [0, 0.05) is 37.7 Å². The molecule has 0 N–H and O–H groups in total. The Kier molecular flexibility index (Phi) is 3.38. The van der Waals surface area contributed by atoms with E-state index in [4.69, 9.17) is 4.74 Å². The molecule has 1 saturated heterocycles. The Morgan fingerprint density at radius 1 is 1.56 bits per heavy atom. The highest BCUT2D eigenvalue weighted by molar-refractivity contribution is 5.66. The molecule has 3 unspecified atom stereocenters. The van der Waals surface area contributed by atoms with Crippen molar-refractivity contribution in [3.8, 4) is 0 Å². The van der Waals surface area contributed by atoms with Gasteiger partial charge in [0.15, 0.2) is 5.29 Å². The van der Waals surface area contributed by atoms with E-state index in [2.05, 4.69) is 10.3 Å². The quantitative estimate of drug-likeness (QED) is 0.467. The van der Waals surface area contributed by atoms with Gasteiger partial charge in [-0.05, 0) is 12.1 Å². The van der Waals surface area contributed by atoms with E-state index in [9.17, 15) is 9.70 Å². The molecule has 1 aromatic rings. The highest BCUT2D eigenvalue weighted by Crippen LogP contribution is 2.42. The van der Waals surface area contributed by atoms with Gasteiger partial charge in [0.05, 0.1) is 0 Å². The van der Waals surface area contributed by atoms with Crippen LogP contribution in [-0.2, 0) is 9.53 Å². The number of ether oxygens (including phenoxy) is 1. The van der Waals surface area contributed by atoms with Crippen LogP contribution in [-0.4, -0.2) is 28.8 Å². The lowest BCUT2D eigenvalue weighted by Gasteiger charge is -2.30. The summed E-state index contributed by atoms with van der Waals surface area (Å²) in [5.74, 6) is -0.389. The second kappa shape index (κ2) is 4.81. The first-order chi connectivity index (χ1) is 8.58. The predicted molar refractivity (Wildman–Crippen MR) is 63.7 cm³/mol. The Hall–Kier alpha value is -1.82. The number of carbonyl (C=O) groups excluding carboxylic acids is 1. The van der Waals surface area contributed by atoms with E-state index < -0.39 is 6.23 Å². The molecule has 0 aliphatic carbocycles. The minimum Gasteiger partial charge on any atom is -0.410 e. The van der Waals surface area contributed by atoms with Crippen molar-refractivity contribution in [3.05, 3.63) is 35.0 Å². The van der Waals surface area contributed by atoms with Crippen molar-refractivity contribution >= 4 is 5.97 Å². The number of rotatable bonds is 3. The number of likely N-dealkylation sites (tertiary alicyclic amines) is 1. The largest absolute Gasteiger partial charge is 0.410 e. The number of quaternary nitrogens is 1. The zero-order valence-electron chi connectivity index (χ0n) is 10.4. The van der Waals surface area contributed by atoms with Crippen molar-refractivity contribution in [3.63, 3.8) is 0 Å². The molecular weight excluding hydrogens is 234 g/mol. The van der Waals surface area contributed by atoms with Crippen molar-refractivity contribution in [2.75, 3.05) is 7.05 Å². The Morgan fingerprint density at radius 2 is 2.33 bits per heavy atom. The molecule has 0 spiro atoms. The Morgan fingerprint density at radius 3 is 2.89 bits per heavy atom. The molecule has 6 heteroatoms. The van der Waals surface area contributed by atoms with Crippen LogP contribution in [0.3, 0.4) is 0 Å². The summed E-state index contributed by atoms with van der Waals surface area (Å²) in [6.07, 6.45) is 4.27. The van der Waals surface area contributed by atoms with E-state index >= 15 is 0 Å². The van der Waals surface area contributed by atoms with Gasteiger partial charge in [-0.25, -0.2) is 0 Å². The molecule has 0 amide bonds. The fourth-order valence-electron chi connectivity index (χ4n) is 2.53. The molecule has 1 fully saturated rings. The van der Waals surface area contributed by atoms with Crippen LogP contribution in [0.2, 0.25) is 0 Å². The number of hydrogen-bond acceptors (Lipinski definition) is 5. The summed E-state index contributed by atoms with van der Waals surface area (Å²) < 4.78 is 5.01. The first kappa shape index (κ1) is 12.6. The molecule has 1 aliphatic rings. The van der Waals surface area contributed by atoms with Crippen LogP contribution in [0.25, 0.3) is 0 Å². The van der Waals surface area contributed by atoms with Crippen molar-refractivity contribution in [1.29, 1.82) is 0 Å². The summed E-state index contributed by atoms with van der Waals surface area (Å²) in [5.41, 5.74) is 0.939. The van der Waals surface area contributed by atoms with E-state index in [1.165, 1.54) is 6.92 Å². The van der Waals surface area contributed by atoms with E-state index in [0.717, 1.165) is 12.0 Å². The maximum atomic E-state index is 11.2. The molecule has 18 heavy (non-hydrogen) atoms. The monoisotopic (exact) mass is 250 g/mol. The standard InChI is InChI=1S/C12H16N3O3/c1-9(16)18-12-6-5-11(15(12,2)14-17)10-4-3-7-13-8-10/h3-4,7-8,11-12H,5-6H2,1-2H3/q+1. The number of hydrogen-bond donors (Lipinski definition) is 0. The Bertz CT molecular complexity index is 451. The highest BCUT2D eigenvalue weighted by atomic mass is 16.6. The molecule has 2 rings (SSSR count). The fourth-order valence-corrected chi connectivity index (χ4v) is 2.53. The first-order valence-corrected chi connectivity index (χ1v) is 5.86. The topological polar surface area (TPSA) is 68.6 Å². The average Bonchev–Trinajstić information content (AvgIpc) is 2.68. The summed E-state index contributed by atoms with van der Waals surface area (Å²) >= 11 is 0. The molecular formula is C12H16N3O3+. The van der Waals surface area contributed by atoms with Gasteiger partial charge in [0.2, 0.25) is 0 Å². The SMILES string of the molecule is CC(=O)OC1CCC(c2cccnc2)[N+]1(C)N=O. The summed E-state index contributed by atoms with van der Waals surface area (Å²) in [6, 6.07) is 3.62. The van der Waals surface area contributed by atoms with Crippen molar-refractivity contribution in [2.24, 2.45) is 5.29 Å². The zero-order valence-corrected chi connectivity index (χ0v) is 10.4. The first-order valence-electron chi connectivity index (χ1n) is 5.86. The van der Waals surface area contributed by atoms with Gasteiger partial charge in [-0.15, -0.1) is 4.59 Å². The van der Waals surface area contributed by atoms with Gasteiger partial charge in [-0.3, -0.25) is 9.78 Å². The van der Waals surface area contributed by atoms with E-state index in [1.54, 1.807) is 19.4 Å². The van der Waals surface area contributed by atoms with Gasteiger partial charge >= 0.3 is 5.97 Å².